The van der Waals surface area contributed by atoms with Gasteiger partial charge in [0.1, 0.15) is 11.8 Å². The highest BCUT2D eigenvalue weighted by atomic mass is 16.3. The minimum Gasteiger partial charge on any atom is -0.391 e. The zero-order chi connectivity index (χ0) is 14.1. The maximum atomic E-state index is 9.89. The first-order chi connectivity index (χ1) is 9.69. The van der Waals surface area contributed by atoms with Crippen LogP contribution in [0.1, 0.15) is 23.7 Å². The van der Waals surface area contributed by atoms with Crippen LogP contribution in [0.3, 0.4) is 0 Å². The van der Waals surface area contributed by atoms with E-state index in [0.717, 1.165) is 12.0 Å². The van der Waals surface area contributed by atoms with Crippen LogP contribution in [0, 0.1) is 11.3 Å². The van der Waals surface area contributed by atoms with Crippen molar-refractivity contribution in [3.63, 3.8) is 0 Å². The van der Waals surface area contributed by atoms with E-state index in [9.17, 15) is 5.11 Å². The standard InChI is InChI=1S/C14H17N5O/c1-18-9-10(5-11(18)7-15)8-16-12-6-13(20)14(12)19-4-2-3-17-19/h2-5,9,12-14,16,20H,6,8H2,1H3/t12-,13+,14+/m0/s1. The highest BCUT2D eigenvalue weighted by Gasteiger charge is 2.41. The molecule has 1 aliphatic carbocycles. The summed E-state index contributed by atoms with van der Waals surface area (Å²) in [4.78, 5) is 0. The first kappa shape index (κ1) is 12.9. The van der Waals surface area contributed by atoms with Crippen LogP contribution in [0.2, 0.25) is 0 Å². The zero-order valence-corrected chi connectivity index (χ0v) is 11.3. The first-order valence-corrected chi connectivity index (χ1v) is 6.65. The van der Waals surface area contributed by atoms with Crippen molar-refractivity contribution in [3.05, 3.63) is 42.0 Å². The van der Waals surface area contributed by atoms with Crippen LogP contribution in [0.15, 0.2) is 30.7 Å². The van der Waals surface area contributed by atoms with Crippen molar-refractivity contribution >= 4 is 0 Å². The number of nitriles is 1. The summed E-state index contributed by atoms with van der Waals surface area (Å²) in [7, 11) is 1.86. The molecule has 3 rings (SSSR count). The Bertz CT molecular complexity index is 625. The summed E-state index contributed by atoms with van der Waals surface area (Å²) >= 11 is 0. The largest absolute Gasteiger partial charge is 0.391 e. The van der Waals surface area contributed by atoms with E-state index < -0.39 is 0 Å². The Labute approximate surface area is 117 Å². The topological polar surface area (TPSA) is 78.8 Å². The molecule has 0 bridgehead atoms. The summed E-state index contributed by atoms with van der Waals surface area (Å²) in [6.07, 6.45) is 5.92. The number of hydrogen-bond acceptors (Lipinski definition) is 4. The molecular weight excluding hydrogens is 254 g/mol. The van der Waals surface area contributed by atoms with E-state index >= 15 is 0 Å². The number of nitrogens with one attached hydrogen (secondary N) is 1. The Kier molecular flexibility index (Phi) is 3.30. The molecule has 0 aromatic carbocycles. The van der Waals surface area contributed by atoms with Gasteiger partial charge < -0.3 is 15.0 Å². The number of aliphatic hydroxyl groups excluding tert-OH is 1. The van der Waals surface area contributed by atoms with Crippen molar-refractivity contribution in [2.24, 2.45) is 7.05 Å². The lowest BCUT2D eigenvalue weighted by Crippen LogP contribution is -2.54. The molecule has 1 aliphatic rings. The number of hydrogen-bond donors (Lipinski definition) is 2. The number of aryl methyl sites for hydroxylation is 1. The molecule has 6 nitrogen and oxygen atoms in total. The van der Waals surface area contributed by atoms with Gasteiger partial charge in [0.2, 0.25) is 0 Å². The van der Waals surface area contributed by atoms with E-state index in [2.05, 4.69) is 16.5 Å². The molecule has 0 unspecified atom stereocenters. The van der Waals surface area contributed by atoms with Gasteiger partial charge in [-0.3, -0.25) is 4.68 Å². The summed E-state index contributed by atoms with van der Waals surface area (Å²) in [5.74, 6) is 0. The van der Waals surface area contributed by atoms with Gasteiger partial charge in [-0.15, -0.1) is 0 Å². The van der Waals surface area contributed by atoms with Gasteiger partial charge in [-0.2, -0.15) is 10.4 Å². The van der Waals surface area contributed by atoms with E-state index in [-0.39, 0.29) is 18.2 Å². The van der Waals surface area contributed by atoms with Crippen molar-refractivity contribution in [1.82, 2.24) is 19.7 Å². The second-order valence-corrected chi connectivity index (χ2v) is 5.22. The fourth-order valence-electron chi connectivity index (χ4n) is 2.72. The van der Waals surface area contributed by atoms with Gasteiger partial charge in [0.05, 0.1) is 12.1 Å². The van der Waals surface area contributed by atoms with E-state index in [1.807, 2.05) is 36.1 Å². The van der Waals surface area contributed by atoms with Crippen molar-refractivity contribution in [2.75, 3.05) is 0 Å². The molecule has 0 saturated heterocycles. The normalized spacial score (nSPS) is 25.1. The molecule has 20 heavy (non-hydrogen) atoms. The smallest absolute Gasteiger partial charge is 0.120 e. The molecule has 1 fully saturated rings. The fraction of sp³-hybridized carbons (Fsp3) is 0.429. The van der Waals surface area contributed by atoms with Gasteiger partial charge in [-0.1, -0.05) is 0 Å². The van der Waals surface area contributed by atoms with Crippen molar-refractivity contribution in [3.8, 4) is 6.07 Å². The summed E-state index contributed by atoms with van der Waals surface area (Å²) in [5.41, 5.74) is 1.73. The van der Waals surface area contributed by atoms with Crippen molar-refractivity contribution in [1.29, 1.82) is 5.26 Å². The highest BCUT2D eigenvalue weighted by Crippen LogP contribution is 2.32. The van der Waals surface area contributed by atoms with Crippen molar-refractivity contribution < 1.29 is 5.11 Å². The molecule has 2 heterocycles. The number of nitrogens with zero attached hydrogens (tertiary/aromatic N) is 4. The van der Waals surface area contributed by atoms with Gasteiger partial charge in [0.15, 0.2) is 0 Å². The molecule has 1 saturated carbocycles. The first-order valence-electron chi connectivity index (χ1n) is 6.65. The van der Waals surface area contributed by atoms with Gasteiger partial charge in [0.25, 0.3) is 0 Å². The molecule has 0 spiro atoms. The molecule has 2 aromatic rings. The van der Waals surface area contributed by atoms with Crippen LogP contribution in [0.5, 0.6) is 0 Å². The predicted octanol–water partition coefficient (Wildman–Crippen LogP) is 0.557. The molecule has 2 aromatic heterocycles. The minimum absolute atomic E-state index is 0.0100. The monoisotopic (exact) mass is 271 g/mol. The average molecular weight is 271 g/mol. The summed E-state index contributed by atoms with van der Waals surface area (Å²) < 4.78 is 3.62. The van der Waals surface area contributed by atoms with Gasteiger partial charge >= 0.3 is 0 Å². The van der Waals surface area contributed by atoms with E-state index in [1.54, 1.807) is 10.9 Å². The Hall–Kier alpha value is -2.10. The summed E-state index contributed by atoms with van der Waals surface area (Å²) in [6.45, 7) is 0.685. The zero-order valence-electron chi connectivity index (χ0n) is 11.3. The van der Waals surface area contributed by atoms with Gasteiger partial charge in [-0.05, 0) is 24.1 Å². The van der Waals surface area contributed by atoms with Crippen molar-refractivity contribution in [2.45, 2.75) is 31.2 Å². The number of rotatable bonds is 4. The average Bonchev–Trinajstić information content (AvgIpc) is 3.04. The third kappa shape index (κ3) is 2.22. The number of aromatic nitrogens is 3. The van der Waals surface area contributed by atoms with Gasteiger partial charge in [0, 0.05) is 38.2 Å². The third-order valence-electron chi connectivity index (χ3n) is 3.88. The number of aliphatic hydroxyl groups is 1. The lowest BCUT2D eigenvalue weighted by atomic mass is 9.83. The van der Waals surface area contributed by atoms with Crippen LogP contribution >= 0.6 is 0 Å². The predicted molar refractivity (Wildman–Crippen MR) is 72.6 cm³/mol. The van der Waals surface area contributed by atoms with E-state index in [4.69, 9.17) is 5.26 Å². The van der Waals surface area contributed by atoms with Crippen LogP contribution < -0.4 is 5.32 Å². The molecule has 104 valence electrons. The molecule has 0 amide bonds. The van der Waals surface area contributed by atoms with E-state index in [1.165, 1.54) is 0 Å². The molecule has 0 radical (unpaired) electrons. The molecule has 0 aliphatic heterocycles. The van der Waals surface area contributed by atoms with Crippen LogP contribution in [-0.2, 0) is 13.6 Å². The fourth-order valence-corrected chi connectivity index (χ4v) is 2.72. The Morgan fingerprint density at radius 1 is 1.60 bits per heavy atom. The lowest BCUT2D eigenvalue weighted by molar-refractivity contribution is -0.00821. The summed E-state index contributed by atoms with van der Waals surface area (Å²) in [6, 6.07) is 6.08. The quantitative estimate of drug-likeness (QED) is 0.851. The third-order valence-corrected chi connectivity index (χ3v) is 3.88. The maximum Gasteiger partial charge on any atom is 0.120 e. The Morgan fingerprint density at radius 3 is 3.05 bits per heavy atom. The van der Waals surface area contributed by atoms with Crippen LogP contribution in [0.4, 0.5) is 0 Å². The molecule has 6 heteroatoms. The molecule has 2 N–H and O–H groups in total. The lowest BCUT2D eigenvalue weighted by Gasteiger charge is -2.42. The van der Waals surface area contributed by atoms with Gasteiger partial charge in [-0.25, -0.2) is 0 Å². The minimum atomic E-state index is -0.349. The Morgan fingerprint density at radius 2 is 2.45 bits per heavy atom. The van der Waals surface area contributed by atoms with E-state index in [0.29, 0.717) is 12.2 Å². The second-order valence-electron chi connectivity index (χ2n) is 5.22. The second kappa shape index (κ2) is 5.12. The SMILES string of the molecule is Cn1cc(CN[C@H]2C[C@@H](O)[C@@H]2n2cccn2)cc1C#N. The van der Waals surface area contributed by atoms with Crippen LogP contribution in [0.25, 0.3) is 0 Å². The summed E-state index contributed by atoms with van der Waals surface area (Å²) in [5, 5.41) is 26.4. The maximum absolute atomic E-state index is 9.89. The molecular formula is C14H17N5O. The van der Waals surface area contributed by atoms with Crippen LogP contribution in [-0.4, -0.2) is 31.6 Å². The highest BCUT2D eigenvalue weighted by molar-refractivity contribution is 5.28. The molecule has 3 atom stereocenters. The Balaban J connectivity index is 1.63.